The first-order valence-corrected chi connectivity index (χ1v) is 4.20. The predicted molar refractivity (Wildman–Crippen MR) is 51.4 cm³/mol. The minimum absolute atomic E-state index is 0.373. The van der Waals surface area contributed by atoms with Gasteiger partial charge in [0.1, 0.15) is 5.83 Å². The van der Waals surface area contributed by atoms with Gasteiger partial charge in [-0.25, -0.2) is 4.39 Å². The van der Waals surface area contributed by atoms with Crippen LogP contribution in [0.1, 0.15) is 16.7 Å². The van der Waals surface area contributed by atoms with E-state index in [4.69, 9.17) is 0 Å². The molecule has 1 rings (SSSR count). The van der Waals surface area contributed by atoms with Crippen molar-refractivity contribution < 1.29 is 4.39 Å². The third-order valence-electron chi connectivity index (χ3n) is 2.08. The molecule has 0 spiro atoms. The summed E-state index contributed by atoms with van der Waals surface area (Å²) in [7, 11) is 3.43. The maximum atomic E-state index is 12.8. The first-order chi connectivity index (χ1) is 5.54. The highest BCUT2D eigenvalue weighted by Crippen LogP contribution is 2.19. The molecule has 12 heavy (non-hydrogen) atoms. The Labute approximate surface area is 75.5 Å². The van der Waals surface area contributed by atoms with E-state index in [0.29, 0.717) is 5.56 Å². The predicted octanol–water partition coefficient (Wildman–Crippen LogP) is 2.04. The lowest BCUT2D eigenvalue weighted by atomic mass is 10.0. The van der Waals surface area contributed by atoms with Gasteiger partial charge in [-0.1, -0.05) is 23.9 Å². The highest BCUT2D eigenvalue weighted by atomic mass is 28.1. The SMILES string of the molecule is C=C(F)c1ccc([Si])c(C)c1C. The molecule has 0 N–H and O–H groups in total. The molecule has 0 unspecified atom stereocenters. The fourth-order valence-corrected chi connectivity index (χ4v) is 1.39. The Bertz CT molecular complexity index is 329. The van der Waals surface area contributed by atoms with Crippen molar-refractivity contribution in [2.24, 2.45) is 0 Å². The molecule has 0 nitrogen and oxygen atoms in total. The molecule has 0 bridgehead atoms. The van der Waals surface area contributed by atoms with Gasteiger partial charge in [0.15, 0.2) is 0 Å². The molecule has 0 aliphatic heterocycles. The van der Waals surface area contributed by atoms with Crippen LogP contribution in [0.2, 0.25) is 0 Å². The summed E-state index contributed by atoms with van der Waals surface area (Å²) >= 11 is 0. The Morgan fingerprint density at radius 1 is 1.33 bits per heavy atom. The Morgan fingerprint density at radius 2 is 1.92 bits per heavy atom. The van der Waals surface area contributed by atoms with Crippen LogP contribution in [0.4, 0.5) is 4.39 Å². The summed E-state index contributed by atoms with van der Waals surface area (Å²) in [5.41, 5.74) is 2.59. The van der Waals surface area contributed by atoms with Crippen molar-refractivity contribution in [3.8, 4) is 0 Å². The van der Waals surface area contributed by atoms with E-state index in [0.717, 1.165) is 16.3 Å². The zero-order valence-corrected chi connectivity index (χ0v) is 8.24. The third-order valence-corrected chi connectivity index (χ3v) is 2.62. The van der Waals surface area contributed by atoms with Crippen molar-refractivity contribution in [3.05, 3.63) is 35.4 Å². The molecule has 0 saturated heterocycles. The molecule has 3 radical (unpaired) electrons. The van der Waals surface area contributed by atoms with E-state index in [9.17, 15) is 4.39 Å². The van der Waals surface area contributed by atoms with E-state index in [-0.39, 0.29) is 5.83 Å². The lowest BCUT2D eigenvalue weighted by Gasteiger charge is -2.08. The smallest absolute Gasteiger partial charge is 0.123 e. The van der Waals surface area contributed by atoms with Crippen LogP contribution in [0.5, 0.6) is 0 Å². The fraction of sp³-hybridized carbons (Fsp3) is 0.200. The number of hydrogen-bond donors (Lipinski definition) is 0. The van der Waals surface area contributed by atoms with Gasteiger partial charge >= 0.3 is 0 Å². The maximum Gasteiger partial charge on any atom is 0.123 e. The zero-order valence-electron chi connectivity index (χ0n) is 7.24. The first kappa shape index (κ1) is 9.20. The van der Waals surface area contributed by atoms with Gasteiger partial charge in [-0.15, -0.1) is 0 Å². The molecule has 1 aromatic rings. The molecule has 0 aliphatic carbocycles. The van der Waals surface area contributed by atoms with Gasteiger partial charge in [0.25, 0.3) is 0 Å². The summed E-state index contributed by atoms with van der Waals surface area (Å²) in [5, 5.41) is 0.998. The second kappa shape index (κ2) is 3.23. The van der Waals surface area contributed by atoms with Gasteiger partial charge in [-0.3, -0.25) is 0 Å². The monoisotopic (exact) mass is 177 g/mol. The Morgan fingerprint density at radius 3 is 2.42 bits per heavy atom. The van der Waals surface area contributed by atoms with Crippen molar-refractivity contribution in [1.29, 1.82) is 0 Å². The fourth-order valence-electron chi connectivity index (χ4n) is 1.11. The van der Waals surface area contributed by atoms with Crippen LogP contribution in [0.15, 0.2) is 18.7 Å². The second-order valence-corrected chi connectivity index (χ2v) is 3.35. The second-order valence-electron chi connectivity index (χ2n) is 2.82. The quantitative estimate of drug-likeness (QED) is 0.576. The minimum atomic E-state index is -0.373. The number of rotatable bonds is 1. The maximum absolute atomic E-state index is 12.8. The molecule has 0 aliphatic rings. The highest BCUT2D eigenvalue weighted by Gasteiger charge is 2.05. The Kier molecular flexibility index (Phi) is 2.48. The summed E-state index contributed by atoms with van der Waals surface area (Å²) in [6, 6.07) is 3.56. The lowest BCUT2D eigenvalue weighted by molar-refractivity contribution is 0.761. The van der Waals surface area contributed by atoms with Crippen molar-refractivity contribution in [2.75, 3.05) is 0 Å². The van der Waals surface area contributed by atoms with Gasteiger partial charge in [0.05, 0.1) is 10.2 Å². The van der Waals surface area contributed by atoms with Crippen LogP contribution in [-0.4, -0.2) is 10.2 Å². The number of benzene rings is 1. The lowest BCUT2D eigenvalue weighted by Crippen LogP contribution is -2.09. The number of hydrogen-bond acceptors (Lipinski definition) is 0. The van der Waals surface area contributed by atoms with Crippen molar-refractivity contribution in [3.63, 3.8) is 0 Å². The normalized spacial score (nSPS) is 10.0. The molecule has 0 fully saturated rings. The van der Waals surface area contributed by atoms with Gasteiger partial charge < -0.3 is 0 Å². The van der Waals surface area contributed by atoms with Gasteiger partial charge in [-0.05, 0) is 25.0 Å². The molecule has 0 atom stereocenters. The summed E-state index contributed by atoms with van der Waals surface area (Å²) in [6.45, 7) is 7.11. The summed E-state index contributed by atoms with van der Waals surface area (Å²) in [4.78, 5) is 0. The van der Waals surface area contributed by atoms with Gasteiger partial charge in [-0.2, -0.15) is 0 Å². The van der Waals surface area contributed by atoms with E-state index in [2.05, 4.69) is 16.8 Å². The molecule has 2 heteroatoms. The van der Waals surface area contributed by atoms with Crippen LogP contribution in [0, 0.1) is 13.8 Å². The van der Waals surface area contributed by atoms with Crippen LogP contribution in [0.3, 0.4) is 0 Å². The minimum Gasteiger partial charge on any atom is -0.207 e. The van der Waals surface area contributed by atoms with E-state index < -0.39 is 0 Å². The summed E-state index contributed by atoms with van der Waals surface area (Å²) in [5.74, 6) is -0.373. The van der Waals surface area contributed by atoms with E-state index in [1.165, 1.54) is 0 Å². The highest BCUT2D eigenvalue weighted by molar-refractivity contribution is 6.33. The largest absolute Gasteiger partial charge is 0.207 e. The molecule has 0 saturated carbocycles. The Balaban J connectivity index is 3.36. The first-order valence-electron chi connectivity index (χ1n) is 3.70. The third kappa shape index (κ3) is 1.48. The molecule has 0 aromatic heterocycles. The van der Waals surface area contributed by atoms with Crippen LogP contribution < -0.4 is 5.19 Å². The molecular weight excluding hydrogens is 167 g/mol. The molecule has 0 heterocycles. The molecular formula is C10H10FSi. The summed E-state index contributed by atoms with van der Waals surface area (Å²) < 4.78 is 12.8. The van der Waals surface area contributed by atoms with Crippen LogP contribution >= 0.6 is 0 Å². The molecule has 1 aromatic carbocycles. The van der Waals surface area contributed by atoms with Gasteiger partial charge in [0.2, 0.25) is 0 Å². The van der Waals surface area contributed by atoms with Crippen molar-refractivity contribution >= 4 is 21.3 Å². The van der Waals surface area contributed by atoms with Gasteiger partial charge in [0, 0.05) is 5.56 Å². The van der Waals surface area contributed by atoms with E-state index >= 15 is 0 Å². The number of halogens is 1. The average molecular weight is 177 g/mol. The summed E-state index contributed by atoms with van der Waals surface area (Å²) in [6.07, 6.45) is 0. The molecule has 0 amide bonds. The Hall–Kier alpha value is -0.893. The van der Waals surface area contributed by atoms with Crippen LogP contribution in [-0.2, 0) is 0 Å². The van der Waals surface area contributed by atoms with Crippen LogP contribution in [0.25, 0.3) is 5.83 Å². The van der Waals surface area contributed by atoms with E-state index in [1.807, 2.05) is 19.9 Å². The van der Waals surface area contributed by atoms with E-state index in [1.54, 1.807) is 6.07 Å². The topological polar surface area (TPSA) is 0 Å². The van der Waals surface area contributed by atoms with Crippen molar-refractivity contribution in [2.45, 2.75) is 13.8 Å². The zero-order chi connectivity index (χ0) is 9.30. The average Bonchev–Trinajstić information content (AvgIpc) is 2.00. The molecule has 61 valence electrons. The standard InChI is InChI=1S/C10H10FSi/c1-6-7(2)10(12)5-4-9(6)8(3)11/h4-5H,3H2,1-2H3. The van der Waals surface area contributed by atoms with Crippen molar-refractivity contribution in [1.82, 2.24) is 0 Å².